The molecule has 0 aromatic heterocycles. The van der Waals surface area contributed by atoms with Crippen LogP contribution in [0.5, 0.6) is 0 Å². The van der Waals surface area contributed by atoms with E-state index in [1.54, 1.807) is 6.07 Å². The van der Waals surface area contributed by atoms with E-state index in [0.29, 0.717) is 11.5 Å². The summed E-state index contributed by atoms with van der Waals surface area (Å²) in [5, 5.41) is 5.79. The average Bonchev–Trinajstić information content (AvgIpc) is 3.16. The summed E-state index contributed by atoms with van der Waals surface area (Å²) in [6.07, 6.45) is 5.28. The normalized spacial score (nSPS) is 26.8. The van der Waals surface area contributed by atoms with E-state index in [1.807, 2.05) is 18.2 Å². The van der Waals surface area contributed by atoms with E-state index < -0.39 is 0 Å². The van der Waals surface area contributed by atoms with Crippen LogP contribution in [0.3, 0.4) is 0 Å². The number of rotatable bonds is 5. The Kier molecular flexibility index (Phi) is 5.24. The van der Waals surface area contributed by atoms with Crippen molar-refractivity contribution < 1.29 is 9.59 Å². The summed E-state index contributed by atoms with van der Waals surface area (Å²) in [7, 11) is 0. The lowest BCUT2D eigenvalue weighted by Crippen LogP contribution is -2.44. The SMILES string of the molecule is CC(NC(=O)CNC(=O)c1ccccc1I)C1CC2CCC1C2. The molecule has 2 N–H and O–H groups in total. The van der Waals surface area contributed by atoms with Gasteiger partial charge >= 0.3 is 0 Å². The van der Waals surface area contributed by atoms with E-state index in [4.69, 9.17) is 0 Å². The molecule has 124 valence electrons. The van der Waals surface area contributed by atoms with Crippen molar-refractivity contribution in [3.8, 4) is 0 Å². The first-order valence-corrected chi connectivity index (χ1v) is 9.44. The lowest BCUT2D eigenvalue weighted by molar-refractivity contribution is -0.121. The second-order valence-electron chi connectivity index (χ2n) is 6.86. The average molecular weight is 426 g/mol. The van der Waals surface area contributed by atoms with Crippen LogP contribution in [-0.2, 0) is 4.79 Å². The molecule has 4 unspecified atom stereocenters. The molecule has 0 radical (unpaired) electrons. The van der Waals surface area contributed by atoms with Crippen LogP contribution in [0.25, 0.3) is 0 Å². The summed E-state index contributed by atoms with van der Waals surface area (Å²) >= 11 is 2.13. The smallest absolute Gasteiger partial charge is 0.252 e. The summed E-state index contributed by atoms with van der Waals surface area (Å²) in [5.74, 6) is 1.99. The lowest BCUT2D eigenvalue weighted by atomic mass is 9.84. The van der Waals surface area contributed by atoms with Gasteiger partial charge in [0.05, 0.1) is 12.1 Å². The van der Waals surface area contributed by atoms with Gasteiger partial charge in [-0.15, -0.1) is 0 Å². The fourth-order valence-corrected chi connectivity index (χ4v) is 4.85. The largest absolute Gasteiger partial charge is 0.352 e. The van der Waals surface area contributed by atoms with Gasteiger partial charge in [-0.2, -0.15) is 0 Å². The molecule has 1 aromatic rings. The van der Waals surface area contributed by atoms with Crippen molar-refractivity contribution in [2.75, 3.05) is 6.54 Å². The third-order valence-electron chi connectivity index (χ3n) is 5.35. The van der Waals surface area contributed by atoms with E-state index in [9.17, 15) is 9.59 Å². The van der Waals surface area contributed by atoms with Crippen molar-refractivity contribution >= 4 is 34.4 Å². The molecule has 0 spiro atoms. The zero-order valence-electron chi connectivity index (χ0n) is 13.3. The molecular weight excluding hydrogens is 403 g/mol. The molecule has 3 rings (SSSR count). The van der Waals surface area contributed by atoms with Crippen LogP contribution in [0, 0.1) is 21.3 Å². The zero-order valence-corrected chi connectivity index (χ0v) is 15.5. The number of amides is 2. The number of benzene rings is 1. The van der Waals surface area contributed by atoms with Gasteiger partial charge in [0.2, 0.25) is 5.91 Å². The van der Waals surface area contributed by atoms with Crippen molar-refractivity contribution in [3.63, 3.8) is 0 Å². The van der Waals surface area contributed by atoms with Crippen molar-refractivity contribution in [2.45, 2.75) is 38.6 Å². The van der Waals surface area contributed by atoms with E-state index in [-0.39, 0.29) is 24.4 Å². The standard InChI is InChI=1S/C18H23IN2O2/c1-11(15-9-12-6-7-13(15)8-12)21-17(22)10-20-18(23)14-4-2-3-5-16(14)19/h2-5,11-13,15H,6-10H2,1H3,(H,20,23)(H,21,22). The topological polar surface area (TPSA) is 58.2 Å². The Morgan fingerprint density at radius 2 is 2.04 bits per heavy atom. The molecule has 2 aliphatic carbocycles. The van der Waals surface area contributed by atoms with Gasteiger partial charge in [0.1, 0.15) is 0 Å². The molecule has 5 heteroatoms. The van der Waals surface area contributed by atoms with Gasteiger partial charge in [-0.05, 0) is 78.7 Å². The van der Waals surface area contributed by atoms with Crippen molar-refractivity contribution in [1.82, 2.24) is 10.6 Å². The number of hydrogen-bond acceptors (Lipinski definition) is 2. The van der Waals surface area contributed by atoms with Gasteiger partial charge in [0.15, 0.2) is 0 Å². The summed E-state index contributed by atoms with van der Waals surface area (Å²) in [5.41, 5.74) is 0.613. The van der Waals surface area contributed by atoms with E-state index in [1.165, 1.54) is 25.7 Å². The van der Waals surface area contributed by atoms with Crippen LogP contribution in [0.1, 0.15) is 43.0 Å². The van der Waals surface area contributed by atoms with Gasteiger partial charge in [-0.25, -0.2) is 0 Å². The van der Waals surface area contributed by atoms with Crippen LogP contribution >= 0.6 is 22.6 Å². The third-order valence-corrected chi connectivity index (χ3v) is 6.29. The highest BCUT2D eigenvalue weighted by atomic mass is 127. The maximum atomic E-state index is 12.1. The minimum absolute atomic E-state index is 0.0367. The molecule has 4 atom stereocenters. The molecule has 2 saturated carbocycles. The first-order valence-electron chi connectivity index (χ1n) is 8.36. The number of carbonyl (C=O) groups excluding carboxylic acids is 2. The van der Waals surface area contributed by atoms with E-state index in [2.05, 4.69) is 40.1 Å². The highest BCUT2D eigenvalue weighted by Crippen LogP contribution is 2.49. The fraction of sp³-hybridized carbons (Fsp3) is 0.556. The van der Waals surface area contributed by atoms with Crippen molar-refractivity contribution in [1.29, 1.82) is 0 Å². The van der Waals surface area contributed by atoms with Crippen molar-refractivity contribution in [3.05, 3.63) is 33.4 Å². The maximum absolute atomic E-state index is 12.1. The van der Waals surface area contributed by atoms with Crippen molar-refractivity contribution in [2.24, 2.45) is 17.8 Å². The minimum atomic E-state index is -0.197. The minimum Gasteiger partial charge on any atom is -0.352 e. The maximum Gasteiger partial charge on any atom is 0.252 e. The zero-order chi connectivity index (χ0) is 16.4. The molecule has 4 nitrogen and oxygen atoms in total. The molecule has 0 saturated heterocycles. The summed E-state index contributed by atoms with van der Waals surface area (Å²) < 4.78 is 0.887. The van der Waals surface area contributed by atoms with Gasteiger partial charge in [0, 0.05) is 9.61 Å². The molecule has 1 aromatic carbocycles. The summed E-state index contributed by atoms with van der Waals surface area (Å²) in [6.45, 7) is 2.14. The predicted octanol–water partition coefficient (Wildman–Crippen LogP) is 2.96. The predicted molar refractivity (Wildman–Crippen MR) is 98.0 cm³/mol. The Morgan fingerprint density at radius 3 is 2.70 bits per heavy atom. The second-order valence-corrected chi connectivity index (χ2v) is 8.02. The Morgan fingerprint density at radius 1 is 1.26 bits per heavy atom. The number of nitrogens with one attached hydrogen (secondary N) is 2. The molecule has 2 fully saturated rings. The number of halogens is 1. The molecule has 2 bridgehead atoms. The number of carbonyl (C=O) groups is 2. The summed E-state index contributed by atoms with van der Waals surface area (Å²) in [6, 6.07) is 7.57. The lowest BCUT2D eigenvalue weighted by Gasteiger charge is -2.28. The van der Waals surface area contributed by atoms with Crippen LogP contribution in [0.15, 0.2) is 24.3 Å². The van der Waals surface area contributed by atoms with E-state index in [0.717, 1.165) is 15.4 Å². The second kappa shape index (κ2) is 7.20. The third kappa shape index (κ3) is 3.87. The Labute approximate surface area is 150 Å². The van der Waals surface area contributed by atoms with Crippen LogP contribution in [-0.4, -0.2) is 24.4 Å². The van der Waals surface area contributed by atoms with Gasteiger partial charge in [-0.3, -0.25) is 9.59 Å². The monoisotopic (exact) mass is 426 g/mol. The Bertz CT molecular complexity index is 604. The highest BCUT2D eigenvalue weighted by molar-refractivity contribution is 14.1. The van der Waals surface area contributed by atoms with Crippen LogP contribution < -0.4 is 10.6 Å². The fourth-order valence-electron chi connectivity index (χ4n) is 4.22. The highest BCUT2D eigenvalue weighted by Gasteiger charge is 2.42. The Hall–Kier alpha value is -1.11. The molecule has 0 aliphatic heterocycles. The molecule has 2 amide bonds. The van der Waals surface area contributed by atoms with Gasteiger partial charge in [0.25, 0.3) is 5.91 Å². The quantitative estimate of drug-likeness (QED) is 0.712. The molecule has 2 aliphatic rings. The van der Waals surface area contributed by atoms with E-state index >= 15 is 0 Å². The molecule has 23 heavy (non-hydrogen) atoms. The first-order chi connectivity index (χ1) is 11.0. The van der Waals surface area contributed by atoms with Crippen LogP contribution in [0.2, 0.25) is 0 Å². The van der Waals surface area contributed by atoms with Crippen LogP contribution in [0.4, 0.5) is 0 Å². The number of hydrogen-bond donors (Lipinski definition) is 2. The summed E-state index contributed by atoms with van der Waals surface area (Å²) in [4.78, 5) is 24.2. The first kappa shape index (κ1) is 16.7. The number of fused-ring (bicyclic) bond motifs is 2. The Balaban J connectivity index is 1.46. The molecular formula is C18H23IN2O2. The van der Waals surface area contributed by atoms with Gasteiger partial charge < -0.3 is 10.6 Å². The molecule has 0 heterocycles. The van der Waals surface area contributed by atoms with Gasteiger partial charge in [-0.1, -0.05) is 18.6 Å².